The number of methoxy groups -OCH3 is 1. The van der Waals surface area contributed by atoms with Crippen LogP contribution in [-0.2, 0) is 20.9 Å². The van der Waals surface area contributed by atoms with E-state index in [4.69, 9.17) is 4.74 Å². The van der Waals surface area contributed by atoms with Crippen LogP contribution >= 0.6 is 0 Å². The smallest absolute Gasteiger partial charge is 0.307 e. The van der Waals surface area contributed by atoms with Gasteiger partial charge in [0.15, 0.2) is 0 Å². The first-order chi connectivity index (χ1) is 11.7. The molecule has 3 heterocycles. The van der Waals surface area contributed by atoms with Crippen LogP contribution in [0.2, 0.25) is 0 Å². The number of hydrogen-bond donors (Lipinski definition) is 1. The Morgan fingerprint density at radius 3 is 2.92 bits per heavy atom. The molecular formula is C16H23N5O3. The minimum absolute atomic E-state index is 0.0480. The molecule has 0 bridgehead atoms. The summed E-state index contributed by atoms with van der Waals surface area (Å²) in [5.41, 5.74) is 0.858. The third-order valence-corrected chi connectivity index (χ3v) is 4.48. The summed E-state index contributed by atoms with van der Waals surface area (Å²) in [6.07, 6.45) is 4.14. The summed E-state index contributed by atoms with van der Waals surface area (Å²) in [6.45, 7) is 3.73. The zero-order chi connectivity index (χ0) is 16.9. The summed E-state index contributed by atoms with van der Waals surface area (Å²) in [6, 6.07) is 1.35. The Morgan fingerprint density at radius 2 is 2.17 bits per heavy atom. The van der Waals surface area contributed by atoms with Gasteiger partial charge in [0.2, 0.25) is 11.9 Å². The van der Waals surface area contributed by atoms with Crippen LogP contribution in [0, 0.1) is 0 Å². The molecule has 1 amide bonds. The number of carbonyl (C=O) groups excluding carboxylic acids is 2. The summed E-state index contributed by atoms with van der Waals surface area (Å²) in [7, 11) is 1.33. The van der Waals surface area contributed by atoms with Crippen LogP contribution in [0.5, 0.6) is 0 Å². The first kappa shape index (κ1) is 16.6. The van der Waals surface area contributed by atoms with Gasteiger partial charge in [-0.3, -0.25) is 14.5 Å². The van der Waals surface area contributed by atoms with Crippen molar-refractivity contribution >= 4 is 17.8 Å². The van der Waals surface area contributed by atoms with Gasteiger partial charge in [0, 0.05) is 38.9 Å². The van der Waals surface area contributed by atoms with E-state index in [1.165, 1.54) is 20.0 Å². The maximum absolute atomic E-state index is 12.1. The highest BCUT2D eigenvalue weighted by atomic mass is 16.5. The van der Waals surface area contributed by atoms with Crippen LogP contribution in [0.3, 0.4) is 0 Å². The number of rotatable bonds is 5. The number of hydrogen-bond acceptors (Lipinski definition) is 7. The standard InChI is InChI=1S/C16H23N5O3/c1-24-14(22)10-13-15(23)17-6-9-21(13)11-12-4-5-18-16(19-12)20-7-2-3-8-20/h4-5,13H,2-3,6-11H2,1H3,(H,17,23)/t13-/m1/s1. The second-order valence-electron chi connectivity index (χ2n) is 6.10. The molecule has 8 heteroatoms. The van der Waals surface area contributed by atoms with E-state index < -0.39 is 6.04 Å². The molecule has 130 valence electrons. The van der Waals surface area contributed by atoms with E-state index in [1.807, 2.05) is 11.0 Å². The maximum Gasteiger partial charge on any atom is 0.307 e. The van der Waals surface area contributed by atoms with Gasteiger partial charge in [-0.2, -0.15) is 0 Å². The van der Waals surface area contributed by atoms with Crippen molar-refractivity contribution in [2.45, 2.75) is 31.8 Å². The number of aromatic nitrogens is 2. The quantitative estimate of drug-likeness (QED) is 0.755. The molecule has 1 atom stereocenters. The molecule has 2 fully saturated rings. The summed E-state index contributed by atoms with van der Waals surface area (Å²) >= 11 is 0. The minimum atomic E-state index is -0.517. The van der Waals surface area contributed by atoms with Crippen molar-refractivity contribution in [2.24, 2.45) is 0 Å². The minimum Gasteiger partial charge on any atom is -0.469 e. The number of carbonyl (C=O) groups is 2. The van der Waals surface area contributed by atoms with Gasteiger partial charge in [-0.15, -0.1) is 0 Å². The van der Waals surface area contributed by atoms with E-state index >= 15 is 0 Å². The van der Waals surface area contributed by atoms with Gasteiger partial charge in [-0.05, 0) is 18.9 Å². The number of amides is 1. The molecular weight excluding hydrogens is 310 g/mol. The highest BCUT2D eigenvalue weighted by Crippen LogP contribution is 2.17. The largest absolute Gasteiger partial charge is 0.469 e. The van der Waals surface area contributed by atoms with Crippen LogP contribution in [0.1, 0.15) is 25.0 Å². The fourth-order valence-electron chi connectivity index (χ4n) is 3.16. The zero-order valence-electron chi connectivity index (χ0n) is 13.9. The van der Waals surface area contributed by atoms with E-state index in [9.17, 15) is 9.59 Å². The van der Waals surface area contributed by atoms with Crippen molar-refractivity contribution in [3.8, 4) is 0 Å². The van der Waals surface area contributed by atoms with Crippen LogP contribution in [0.25, 0.3) is 0 Å². The average molecular weight is 333 g/mol. The molecule has 24 heavy (non-hydrogen) atoms. The molecule has 2 aliphatic heterocycles. The fraction of sp³-hybridized carbons (Fsp3) is 0.625. The van der Waals surface area contributed by atoms with Crippen LogP contribution in [-0.4, -0.2) is 66.1 Å². The van der Waals surface area contributed by atoms with E-state index in [-0.39, 0.29) is 18.3 Å². The number of anilines is 1. The molecule has 1 aromatic rings. The number of nitrogens with one attached hydrogen (secondary N) is 1. The van der Waals surface area contributed by atoms with Crippen molar-refractivity contribution in [3.63, 3.8) is 0 Å². The number of nitrogens with zero attached hydrogens (tertiary/aromatic N) is 4. The highest BCUT2D eigenvalue weighted by molar-refractivity contribution is 5.87. The predicted octanol–water partition coefficient (Wildman–Crippen LogP) is -0.0597. The van der Waals surface area contributed by atoms with Gasteiger partial charge in [-0.1, -0.05) is 0 Å². The summed E-state index contributed by atoms with van der Waals surface area (Å²) in [5, 5.41) is 2.80. The Labute approximate surface area is 141 Å². The Bertz CT molecular complexity index is 603. The highest BCUT2D eigenvalue weighted by Gasteiger charge is 2.32. The first-order valence-corrected chi connectivity index (χ1v) is 8.33. The Kier molecular flexibility index (Phi) is 5.24. The summed E-state index contributed by atoms with van der Waals surface area (Å²) in [4.78, 5) is 36.9. The second kappa shape index (κ2) is 7.57. The Hall–Kier alpha value is -2.22. The van der Waals surface area contributed by atoms with E-state index in [1.54, 1.807) is 6.20 Å². The van der Waals surface area contributed by atoms with Gasteiger partial charge >= 0.3 is 5.97 Å². The van der Waals surface area contributed by atoms with Crippen molar-refractivity contribution < 1.29 is 14.3 Å². The summed E-state index contributed by atoms with van der Waals surface area (Å²) in [5.74, 6) is 0.221. The lowest BCUT2D eigenvalue weighted by atomic mass is 10.1. The van der Waals surface area contributed by atoms with Gasteiger partial charge in [0.1, 0.15) is 6.04 Å². The SMILES string of the molecule is COC(=O)C[C@@H]1C(=O)NCCN1Cc1ccnc(N2CCCC2)n1. The third kappa shape index (κ3) is 3.81. The molecule has 1 aromatic heterocycles. The van der Waals surface area contributed by atoms with Crippen molar-refractivity contribution in [2.75, 3.05) is 38.2 Å². The Morgan fingerprint density at radius 1 is 1.38 bits per heavy atom. The second-order valence-corrected chi connectivity index (χ2v) is 6.10. The van der Waals surface area contributed by atoms with E-state index in [2.05, 4.69) is 20.2 Å². The molecule has 0 radical (unpaired) electrons. The van der Waals surface area contributed by atoms with Gasteiger partial charge < -0.3 is 15.0 Å². The van der Waals surface area contributed by atoms with Gasteiger partial charge in [0.05, 0.1) is 19.2 Å². The number of ether oxygens (including phenoxy) is 1. The van der Waals surface area contributed by atoms with Crippen LogP contribution in [0.15, 0.2) is 12.3 Å². The summed E-state index contributed by atoms with van der Waals surface area (Å²) < 4.78 is 4.71. The van der Waals surface area contributed by atoms with E-state index in [0.29, 0.717) is 19.6 Å². The molecule has 3 rings (SSSR count). The molecule has 0 aromatic carbocycles. The lowest BCUT2D eigenvalue weighted by Crippen LogP contribution is -2.55. The molecule has 2 aliphatic rings. The first-order valence-electron chi connectivity index (χ1n) is 8.33. The molecule has 2 saturated heterocycles. The number of piperazine rings is 1. The zero-order valence-corrected chi connectivity index (χ0v) is 13.9. The van der Waals surface area contributed by atoms with E-state index in [0.717, 1.165) is 24.7 Å². The fourth-order valence-corrected chi connectivity index (χ4v) is 3.16. The van der Waals surface area contributed by atoms with Crippen molar-refractivity contribution in [3.05, 3.63) is 18.0 Å². The monoisotopic (exact) mass is 333 g/mol. The maximum atomic E-state index is 12.1. The topological polar surface area (TPSA) is 87.7 Å². The molecule has 1 N–H and O–H groups in total. The predicted molar refractivity (Wildman–Crippen MR) is 87.3 cm³/mol. The number of esters is 1. The van der Waals surface area contributed by atoms with Crippen LogP contribution in [0.4, 0.5) is 5.95 Å². The average Bonchev–Trinajstić information content (AvgIpc) is 3.13. The van der Waals surface area contributed by atoms with Gasteiger partial charge in [0.25, 0.3) is 0 Å². The Balaban J connectivity index is 1.71. The molecule has 0 saturated carbocycles. The molecule has 0 unspecified atom stereocenters. The van der Waals surface area contributed by atoms with Crippen molar-refractivity contribution in [1.29, 1.82) is 0 Å². The molecule has 8 nitrogen and oxygen atoms in total. The lowest BCUT2D eigenvalue weighted by molar-refractivity contribution is -0.146. The van der Waals surface area contributed by atoms with Crippen molar-refractivity contribution in [1.82, 2.24) is 20.2 Å². The molecule has 0 aliphatic carbocycles. The normalized spacial score (nSPS) is 21.6. The lowest BCUT2D eigenvalue weighted by Gasteiger charge is -2.34. The van der Waals surface area contributed by atoms with Crippen LogP contribution < -0.4 is 10.2 Å². The van der Waals surface area contributed by atoms with Gasteiger partial charge in [-0.25, -0.2) is 9.97 Å². The third-order valence-electron chi connectivity index (χ3n) is 4.48. The molecule has 0 spiro atoms.